The van der Waals surface area contributed by atoms with Crippen molar-refractivity contribution in [2.24, 2.45) is 0 Å². The molecule has 0 saturated heterocycles. The van der Waals surface area contributed by atoms with Crippen LogP contribution in [0.5, 0.6) is 0 Å². The van der Waals surface area contributed by atoms with E-state index in [2.05, 4.69) is 49.0 Å². The molecule has 0 aromatic carbocycles. The van der Waals surface area contributed by atoms with Crippen LogP contribution in [0.15, 0.2) is 29.0 Å². The molecule has 0 radical (unpaired) electrons. The van der Waals surface area contributed by atoms with Crippen molar-refractivity contribution in [3.63, 3.8) is 0 Å². The Bertz CT molecular complexity index is 521. The van der Waals surface area contributed by atoms with Gasteiger partial charge in [0.05, 0.1) is 15.9 Å². The normalized spacial score (nSPS) is 10.6. The Morgan fingerprint density at radius 2 is 2.22 bits per heavy atom. The second-order valence-corrected chi connectivity index (χ2v) is 5.14. The molecule has 0 fully saturated rings. The lowest BCUT2D eigenvalue weighted by Crippen LogP contribution is -2.09. The van der Waals surface area contributed by atoms with Crippen LogP contribution in [0.1, 0.15) is 17.8 Å². The van der Waals surface area contributed by atoms with Crippen molar-refractivity contribution < 1.29 is 0 Å². The first-order valence-corrected chi connectivity index (χ1v) is 6.80. The minimum atomic E-state index is 0.918. The monoisotopic (exact) mass is 308 g/mol. The van der Waals surface area contributed by atoms with E-state index in [-0.39, 0.29) is 0 Å². The number of rotatable bonds is 5. The maximum atomic E-state index is 4.44. The average Bonchev–Trinajstić information content (AvgIpc) is 2.65. The lowest BCUT2D eigenvalue weighted by atomic mass is 10.3. The molecule has 2 heterocycles. The molecule has 2 rings (SSSR count). The Morgan fingerprint density at radius 1 is 1.39 bits per heavy atom. The van der Waals surface area contributed by atoms with E-state index < -0.39 is 0 Å². The van der Waals surface area contributed by atoms with Gasteiger partial charge in [-0.2, -0.15) is 5.10 Å². The number of aromatic nitrogens is 3. The molecule has 0 atom stereocenters. The van der Waals surface area contributed by atoms with E-state index in [1.165, 1.54) is 5.69 Å². The first kappa shape index (κ1) is 13.1. The summed E-state index contributed by atoms with van der Waals surface area (Å²) in [5.41, 5.74) is 3.38. The van der Waals surface area contributed by atoms with Gasteiger partial charge in [0.1, 0.15) is 0 Å². The number of halogens is 1. The minimum absolute atomic E-state index is 0.918. The largest absolute Gasteiger partial charge is 0.384 e. The molecule has 18 heavy (non-hydrogen) atoms. The smallest absolute Gasteiger partial charge is 0.0596 e. The fourth-order valence-electron chi connectivity index (χ4n) is 1.87. The van der Waals surface area contributed by atoms with Crippen LogP contribution >= 0.6 is 15.9 Å². The Hall–Kier alpha value is -1.36. The zero-order valence-corrected chi connectivity index (χ0v) is 12.2. The third-order valence-electron chi connectivity index (χ3n) is 2.74. The number of hydrogen-bond donors (Lipinski definition) is 1. The van der Waals surface area contributed by atoms with Gasteiger partial charge >= 0.3 is 0 Å². The number of nitrogens with one attached hydrogen (secondary N) is 1. The molecule has 0 bridgehead atoms. The van der Waals surface area contributed by atoms with Crippen LogP contribution in [0.4, 0.5) is 5.69 Å². The molecule has 0 saturated carbocycles. The summed E-state index contributed by atoms with van der Waals surface area (Å²) < 4.78 is 3.05. The van der Waals surface area contributed by atoms with E-state index in [0.29, 0.717) is 0 Å². The zero-order valence-electron chi connectivity index (χ0n) is 10.7. The van der Waals surface area contributed by atoms with E-state index >= 15 is 0 Å². The van der Waals surface area contributed by atoms with Gasteiger partial charge in [0.2, 0.25) is 0 Å². The van der Waals surface area contributed by atoms with Gasteiger partial charge in [0, 0.05) is 31.2 Å². The SMILES string of the molecule is Cc1cc(C)n(CCCNc2ccncc2Br)n1. The summed E-state index contributed by atoms with van der Waals surface area (Å²) in [6.45, 7) is 5.97. The summed E-state index contributed by atoms with van der Waals surface area (Å²) in [5, 5.41) is 7.82. The summed E-state index contributed by atoms with van der Waals surface area (Å²) in [4.78, 5) is 4.03. The summed E-state index contributed by atoms with van der Waals surface area (Å²) in [6.07, 6.45) is 4.62. The molecule has 1 N–H and O–H groups in total. The lowest BCUT2D eigenvalue weighted by molar-refractivity contribution is 0.573. The number of pyridine rings is 1. The van der Waals surface area contributed by atoms with E-state index in [4.69, 9.17) is 0 Å². The maximum absolute atomic E-state index is 4.44. The highest BCUT2D eigenvalue weighted by molar-refractivity contribution is 9.10. The van der Waals surface area contributed by atoms with Crippen LogP contribution in [0, 0.1) is 13.8 Å². The van der Waals surface area contributed by atoms with E-state index in [9.17, 15) is 0 Å². The summed E-state index contributed by atoms with van der Waals surface area (Å²) in [6, 6.07) is 4.07. The predicted molar refractivity (Wildman–Crippen MR) is 76.7 cm³/mol. The van der Waals surface area contributed by atoms with Crippen molar-refractivity contribution >= 4 is 21.6 Å². The standard InChI is InChI=1S/C13H17BrN4/c1-10-8-11(2)18(17-10)7-3-5-16-13-4-6-15-9-12(13)14/h4,6,8-9H,3,5,7H2,1-2H3,(H,15,16). The quantitative estimate of drug-likeness (QED) is 0.863. The number of anilines is 1. The molecule has 0 aliphatic rings. The number of nitrogens with zero attached hydrogens (tertiary/aromatic N) is 3. The predicted octanol–water partition coefficient (Wildman–Crippen LogP) is 3.16. The Morgan fingerprint density at radius 3 is 2.89 bits per heavy atom. The zero-order chi connectivity index (χ0) is 13.0. The number of aryl methyl sites for hydroxylation is 3. The molecule has 96 valence electrons. The van der Waals surface area contributed by atoms with Crippen molar-refractivity contribution in [3.8, 4) is 0 Å². The van der Waals surface area contributed by atoms with Crippen LogP contribution in [0.25, 0.3) is 0 Å². The second-order valence-electron chi connectivity index (χ2n) is 4.29. The van der Waals surface area contributed by atoms with Crippen molar-refractivity contribution in [2.75, 3.05) is 11.9 Å². The van der Waals surface area contributed by atoms with E-state index in [1.807, 2.05) is 13.0 Å². The molecule has 2 aromatic heterocycles. The van der Waals surface area contributed by atoms with Gasteiger partial charge in [0.15, 0.2) is 0 Å². The molecule has 5 heteroatoms. The molecular formula is C13H17BrN4. The van der Waals surface area contributed by atoms with Crippen molar-refractivity contribution in [2.45, 2.75) is 26.8 Å². The average molecular weight is 309 g/mol. The van der Waals surface area contributed by atoms with Crippen molar-refractivity contribution in [3.05, 3.63) is 40.4 Å². The fraction of sp³-hybridized carbons (Fsp3) is 0.385. The Kier molecular flexibility index (Phi) is 4.36. The minimum Gasteiger partial charge on any atom is -0.384 e. The molecule has 2 aromatic rings. The highest BCUT2D eigenvalue weighted by Gasteiger charge is 2.01. The van der Waals surface area contributed by atoms with Gasteiger partial charge < -0.3 is 5.32 Å². The number of hydrogen-bond acceptors (Lipinski definition) is 3. The van der Waals surface area contributed by atoms with Gasteiger partial charge in [-0.1, -0.05) is 0 Å². The topological polar surface area (TPSA) is 42.7 Å². The highest BCUT2D eigenvalue weighted by atomic mass is 79.9. The summed E-state index contributed by atoms with van der Waals surface area (Å²) >= 11 is 3.47. The Labute approximate surface area is 116 Å². The molecule has 4 nitrogen and oxygen atoms in total. The maximum Gasteiger partial charge on any atom is 0.0596 e. The van der Waals surface area contributed by atoms with Crippen LogP contribution in [-0.2, 0) is 6.54 Å². The fourth-order valence-corrected chi connectivity index (χ4v) is 2.26. The molecule has 0 spiro atoms. The second kappa shape index (κ2) is 6.00. The third kappa shape index (κ3) is 3.32. The van der Waals surface area contributed by atoms with Crippen molar-refractivity contribution in [1.82, 2.24) is 14.8 Å². The van der Waals surface area contributed by atoms with E-state index in [0.717, 1.165) is 35.4 Å². The molecule has 0 aliphatic carbocycles. The Balaban J connectivity index is 1.80. The summed E-state index contributed by atoms with van der Waals surface area (Å²) in [7, 11) is 0. The van der Waals surface area contributed by atoms with Gasteiger partial charge in [-0.3, -0.25) is 9.67 Å². The highest BCUT2D eigenvalue weighted by Crippen LogP contribution is 2.19. The molecule has 0 aliphatic heterocycles. The first-order valence-electron chi connectivity index (χ1n) is 6.01. The third-order valence-corrected chi connectivity index (χ3v) is 3.37. The van der Waals surface area contributed by atoms with Gasteiger partial charge in [-0.25, -0.2) is 0 Å². The van der Waals surface area contributed by atoms with Crippen molar-refractivity contribution in [1.29, 1.82) is 0 Å². The van der Waals surface area contributed by atoms with E-state index in [1.54, 1.807) is 12.4 Å². The molecule has 0 amide bonds. The van der Waals surface area contributed by atoms with Gasteiger partial charge in [-0.05, 0) is 48.3 Å². The van der Waals surface area contributed by atoms with Gasteiger partial charge in [-0.15, -0.1) is 0 Å². The van der Waals surface area contributed by atoms with Crippen LogP contribution in [-0.4, -0.2) is 21.3 Å². The molecular weight excluding hydrogens is 292 g/mol. The lowest BCUT2D eigenvalue weighted by Gasteiger charge is -2.08. The molecule has 0 unspecified atom stereocenters. The van der Waals surface area contributed by atoms with Crippen LogP contribution in [0.3, 0.4) is 0 Å². The first-order chi connectivity index (χ1) is 8.66. The van der Waals surface area contributed by atoms with Crippen LogP contribution < -0.4 is 5.32 Å². The summed E-state index contributed by atoms with van der Waals surface area (Å²) in [5.74, 6) is 0. The van der Waals surface area contributed by atoms with Gasteiger partial charge in [0.25, 0.3) is 0 Å². The van der Waals surface area contributed by atoms with Crippen LogP contribution in [0.2, 0.25) is 0 Å².